The number of anilines is 1. The number of nitrogens with one attached hydrogen (secondary N) is 1. The molecule has 1 amide bonds. The Morgan fingerprint density at radius 3 is 2.88 bits per heavy atom. The van der Waals surface area contributed by atoms with Gasteiger partial charge in [-0.15, -0.1) is 0 Å². The number of hydrogen-bond acceptors (Lipinski definition) is 4. The molecular formula is C19H21N3O2. The molecule has 1 N–H and O–H groups in total. The number of hydrogen-bond donors (Lipinski definition) is 1. The second kappa shape index (κ2) is 6.51. The van der Waals surface area contributed by atoms with Crippen LogP contribution in [0.5, 0.6) is 5.75 Å². The minimum Gasteiger partial charge on any atom is -0.488 e. The molecule has 1 saturated heterocycles. The fourth-order valence-electron chi connectivity index (χ4n) is 3.42. The molecule has 24 heavy (non-hydrogen) atoms. The topological polar surface area (TPSA) is 54.5 Å². The summed E-state index contributed by atoms with van der Waals surface area (Å²) < 4.78 is 5.88. The van der Waals surface area contributed by atoms with Crippen molar-refractivity contribution in [1.29, 1.82) is 0 Å². The second-order valence-corrected chi connectivity index (χ2v) is 6.33. The molecule has 2 aromatic rings. The molecule has 0 bridgehead atoms. The van der Waals surface area contributed by atoms with Gasteiger partial charge in [-0.3, -0.25) is 4.79 Å². The zero-order valence-electron chi connectivity index (χ0n) is 13.6. The lowest BCUT2D eigenvalue weighted by Crippen LogP contribution is -2.35. The van der Waals surface area contributed by atoms with Crippen molar-refractivity contribution in [3.05, 3.63) is 53.7 Å². The second-order valence-electron chi connectivity index (χ2n) is 6.33. The van der Waals surface area contributed by atoms with Gasteiger partial charge in [0.05, 0.1) is 12.1 Å². The highest BCUT2D eigenvalue weighted by Crippen LogP contribution is 2.28. The number of benzene rings is 1. The molecular weight excluding hydrogens is 302 g/mol. The van der Waals surface area contributed by atoms with Gasteiger partial charge in [0.2, 0.25) is 0 Å². The average molecular weight is 323 g/mol. The number of carbonyl (C=O) groups excluding carboxylic acids is 1. The first kappa shape index (κ1) is 15.0. The third kappa shape index (κ3) is 2.94. The van der Waals surface area contributed by atoms with Crippen LogP contribution in [0.4, 0.5) is 5.82 Å². The fourth-order valence-corrected chi connectivity index (χ4v) is 3.42. The van der Waals surface area contributed by atoms with E-state index in [1.807, 2.05) is 30.3 Å². The average Bonchev–Trinajstić information content (AvgIpc) is 3.28. The summed E-state index contributed by atoms with van der Waals surface area (Å²) in [6.07, 6.45) is 4.90. The number of ether oxygens (including phenoxy) is 1. The van der Waals surface area contributed by atoms with Gasteiger partial charge in [-0.25, -0.2) is 4.98 Å². The summed E-state index contributed by atoms with van der Waals surface area (Å²) in [4.78, 5) is 19.2. The van der Waals surface area contributed by atoms with Gasteiger partial charge < -0.3 is 15.0 Å². The van der Waals surface area contributed by atoms with Crippen molar-refractivity contribution in [2.45, 2.75) is 25.4 Å². The highest BCUT2D eigenvalue weighted by atomic mass is 16.5. The minimum atomic E-state index is -0.0791. The number of pyridine rings is 1. The lowest BCUT2D eigenvalue weighted by Gasteiger charge is -2.20. The molecule has 4 rings (SSSR count). The van der Waals surface area contributed by atoms with Crippen molar-refractivity contribution in [3.8, 4) is 5.75 Å². The first-order valence-corrected chi connectivity index (χ1v) is 8.54. The van der Waals surface area contributed by atoms with Crippen LogP contribution in [0.25, 0.3) is 0 Å². The molecule has 0 radical (unpaired) electrons. The van der Waals surface area contributed by atoms with Crippen molar-refractivity contribution >= 4 is 11.7 Å². The lowest BCUT2D eigenvalue weighted by molar-refractivity contribution is 0.0933. The Morgan fingerprint density at radius 2 is 2.04 bits per heavy atom. The molecule has 124 valence electrons. The predicted molar refractivity (Wildman–Crippen MR) is 92.6 cm³/mol. The van der Waals surface area contributed by atoms with Crippen LogP contribution < -0.4 is 15.0 Å². The third-order valence-electron chi connectivity index (χ3n) is 4.64. The smallest absolute Gasteiger partial charge is 0.255 e. The zero-order chi connectivity index (χ0) is 16.4. The number of nitrogens with zero attached hydrogens (tertiary/aromatic N) is 2. The van der Waals surface area contributed by atoms with E-state index in [0.717, 1.165) is 43.9 Å². The molecule has 1 atom stereocenters. The van der Waals surface area contributed by atoms with Gasteiger partial charge in [0, 0.05) is 25.7 Å². The first-order valence-electron chi connectivity index (χ1n) is 8.54. The maximum atomic E-state index is 12.6. The number of amides is 1. The monoisotopic (exact) mass is 323 g/mol. The Labute approximate surface area is 141 Å². The quantitative estimate of drug-likeness (QED) is 0.939. The Hall–Kier alpha value is -2.56. The SMILES string of the molecule is O=C(NCC1Cc2ccccc2O1)c1cccnc1N1CCCC1. The van der Waals surface area contributed by atoms with Crippen LogP contribution in [0.1, 0.15) is 28.8 Å². The predicted octanol–water partition coefficient (Wildman–Crippen LogP) is 2.42. The zero-order valence-corrected chi connectivity index (χ0v) is 13.6. The van der Waals surface area contributed by atoms with Crippen molar-refractivity contribution in [2.75, 3.05) is 24.5 Å². The standard InChI is InChI=1S/C19H21N3O2/c23-19(16-7-5-9-20-18(16)22-10-3-4-11-22)21-13-15-12-14-6-1-2-8-17(14)24-15/h1-2,5-9,15H,3-4,10-13H2,(H,21,23). The van der Waals surface area contributed by atoms with Gasteiger partial charge in [-0.2, -0.15) is 0 Å². The molecule has 1 aromatic carbocycles. The van der Waals surface area contributed by atoms with Crippen LogP contribution in [0, 0.1) is 0 Å². The Morgan fingerprint density at radius 1 is 1.21 bits per heavy atom. The molecule has 1 unspecified atom stereocenters. The maximum Gasteiger partial charge on any atom is 0.255 e. The van der Waals surface area contributed by atoms with Crippen LogP contribution in [-0.4, -0.2) is 36.6 Å². The van der Waals surface area contributed by atoms with Gasteiger partial charge in [0.1, 0.15) is 17.7 Å². The Bertz CT molecular complexity index is 716. The summed E-state index contributed by atoms with van der Waals surface area (Å²) in [5.41, 5.74) is 1.85. The summed E-state index contributed by atoms with van der Waals surface area (Å²) in [6, 6.07) is 11.7. The van der Waals surface area contributed by atoms with Crippen molar-refractivity contribution < 1.29 is 9.53 Å². The van der Waals surface area contributed by atoms with Gasteiger partial charge in [-0.05, 0) is 36.6 Å². The van der Waals surface area contributed by atoms with Gasteiger partial charge in [0.15, 0.2) is 0 Å². The normalized spacial score (nSPS) is 19.0. The molecule has 1 fully saturated rings. The van der Waals surface area contributed by atoms with E-state index in [1.54, 1.807) is 6.20 Å². The lowest BCUT2D eigenvalue weighted by atomic mass is 10.1. The van der Waals surface area contributed by atoms with Crippen LogP contribution in [0.3, 0.4) is 0 Å². The Kier molecular flexibility index (Phi) is 4.07. The van der Waals surface area contributed by atoms with Crippen molar-refractivity contribution in [2.24, 2.45) is 0 Å². The summed E-state index contributed by atoms with van der Waals surface area (Å²) in [5.74, 6) is 1.64. The van der Waals surface area contributed by atoms with E-state index in [0.29, 0.717) is 12.1 Å². The molecule has 0 aliphatic carbocycles. The summed E-state index contributed by atoms with van der Waals surface area (Å²) in [7, 11) is 0. The molecule has 3 heterocycles. The summed E-state index contributed by atoms with van der Waals surface area (Å²) in [5, 5.41) is 3.01. The summed E-state index contributed by atoms with van der Waals surface area (Å²) >= 11 is 0. The molecule has 0 saturated carbocycles. The number of aromatic nitrogens is 1. The molecule has 5 nitrogen and oxygen atoms in total. The highest BCUT2D eigenvalue weighted by Gasteiger charge is 2.24. The van der Waals surface area contributed by atoms with Gasteiger partial charge in [0.25, 0.3) is 5.91 Å². The van der Waals surface area contributed by atoms with E-state index in [4.69, 9.17) is 4.74 Å². The fraction of sp³-hybridized carbons (Fsp3) is 0.368. The summed E-state index contributed by atoms with van der Waals surface area (Å²) in [6.45, 7) is 2.44. The van der Waals surface area contributed by atoms with Gasteiger partial charge >= 0.3 is 0 Å². The molecule has 2 aliphatic rings. The number of rotatable bonds is 4. The molecule has 0 spiro atoms. The number of fused-ring (bicyclic) bond motifs is 1. The van der Waals surface area contributed by atoms with E-state index in [-0.39, 0.29) is 12.0 Å². The third-order valence-corrected chi connectivity index (χ3v) is 4.64. The van der Waals surface area contributed by atoms with Crippen LogP contribution in [0.2, 0.25) is 0 Å². The van der Waals surface area contributed by atoms with Gasteiger partial charge in [-0.1, -0.05) is 18.2 Å². The largest absolute Gasteiger partial charge is 0.488 e. The number of carbonyl (C=O) groups is 1. The molecule has 2 aliphatic heterocycles. The van der Waals surface area contributed by atoms with E-state index in [2.05, 4.69) is 21.3 Å². The molecule has 5 heteroatoms. The van der Waals surface area contributed by atoms with Crippen molar-refractivity contribution in [3.63, 3.8) is 0 Å². The highest BCUT2D eigenvalue weighted by molar-refractivity contribution is 5.98. The molecule has 1 aromatic heterocycles. The van der Waals surface area contributed by atoms with Crippen LogP contribution in [0.15, 0.2) is 42.6 Å². The van der Waals surface area contributed by atoms with Crippen LogP contribution in [-0.2, 0) is 6.42 Å². The van der Waals surface area contributed by atoms with E-state index < -0.39 is 0 Å². The first-order chi connectivity index (χ1) is 11.8. The minimum absolute atomic E-state index is 0.00161. The van der Waals surface area contributed by atoms with E-state index in [1.165, 1.54) is 5.56 Å². The van der Waals surface area contributed by atoms with E-state index >= 15 is 0 Å². The maximum absolute atomic E-state index is 12.6. The van der Waals surface area contributed by atoms with E-state index in [9.17, 15) is 4.79 Å². The van der Waals surface area contributed by atoms with Crippen molar-refractivity contribution in [1.82, 2.24) is 10.3 Å². The number of para-hydroxylation sites is 1. The van der Waals surface area contributed by atoms with Crippen LogP contribution >= 0.6 is 0 Å². The Balaban J connectivity index is 1.41.